The molecule has 65 heavy (non-hydrogen) atoms. The average Bonchev–Trinajstić information content (AvgIpc) is 3.65. The average molecular weight is 934 g/mol. The van der Waals surface area contributed by atoms with Gasteiger partial charge in [0.25, 0.3) is 0 Å². The van der Waals surface area contributed by atoms with Crippen molar-refractivity contribution in [2.45, 2.75) is 110 Å². The van der Waals surface area contributed by atoms with Crippen LogP contribution in [0.2, 0.25) is 0 Å². The molecule has 3 aliphatic rings. The number of thiazole rings is 1. The number of pyridine rings is 1. The third-order valence-electron chi connectivity index (χ3n) is 12.3. The fourth-order valence-corrected chi connectivity index (χ4v) is 10.4. The molecule has 0 radical (unpaired) electrons. The van der Waals surface area contributed by atoms with E-state index in [1.807, 2.05) is 50.8 Å². The summed E-state index contributed by atoms with van der Waals surface area (Å²) in [4.78, 5) is 68.1. The number of esters is 1. The lowest BCUT2D eigenvalue weighted by atomic mass is 9.77. The fraction of sp³-hybridized carbons (Fsp3) is 0.489. The number of para-hydroxylation sites is 1. The molecule has 2 aromatic heterocycles. The van der Waals surface area contributed by atoms with Crippen LogP contribution in [-0.2, 0) is 34.2 Å². The van der Waals surface area contributed by atoms with Crippen molar-refractivity contribution in [3.63, 3.8) is 0 Å². The Labute approximate surface area is 382 Å². The molecular weight excluding hydrogens is 878 g/mol. The molecule has 15 nitrogen and oxygen atoms in total. The van der Waals surface area contributed by atoms with Crippen LogP contribution in [0.1, 0.15) is 86.0 Å². The van der Waals surface area contributed by atoms with Crippen molar-refractivity contribution in [3.8, 4) is 28.6 Å². The van der Waals surface area contributed by atoms with Gasteiger partial charge in [-0.25, -0.2) is 19.1 Å². The summed E-state index contributed by atoms with van der Waals surface area (Å²) in [5.74, 6) is -4.59. The van der Waals surface area contributed by atoms with Crippen molar-refractivity contribution in [1.82, 2.24) is 19.6 Å². The summed E-state index contributed by atoms with van der Waals surface area (Å²) in [5, 5.41) is 6.55. The van der Waals surface area contributed by atoms with Gasteiger partial charge in [0, 0.05) is 41.8 Å². The summed E-state index contributed by atoms with van der Waals surface area (Å²) in [7, 11) is -3.33. The summed E-state index contributed by atoms with van der Waals surface area (Å²) in [6, 6.07) is 11.0. The zero-order valence-corrected chi connectivity index (χ0v) is 39.1. The number of rotatable bonds is 18. The van der Waals surface area contributed by atoms with E-state index in [1.54, 1.807) is 25.3 Å². The first-order valence-electron chi connectivity index (χ1n) is 21.8. The monoisotopic (exact) mass is 933 g/mol. The van der Waals surface area contributed by atoms with E-state index in [4.69, 9.17) is 28.4 Å². The number of ketones is 1. The quantitative estimate of drug-likeness (QED) is 0.0726. The van der Waals surface area contributed by atoms with Crippen LogP contribution in [0.3, 0.4) is 0 Å². The highest BCUT2D eigenvalue weighted by Gasteiger charge is 2.61. The van der Waals surface area contributed by atoms with E-state index in [0.717, 1.165) is 37.8 Å². The molecule has 0 unspecified atom stereocenters. The maximum absolute atomic E-state index is 15.0. The van der Waals surface area contributed by atoms with Crippen molar-refractivity contribution >= 4 is 61.2 Å². The molecule has 0 spiro atoms. The highest BCUT2D eigenvalue weighted by molar-refractivity contribution is 7.85. The van der Waals surface area contributed by atoms with Crippen LogP contribution in [0, 0.1) is 28.5 Å². The minimum atomic E-state index is -4.89. The van der Waals surface area contributed by atoms with Gasteiger partial charge >= 0.3 is 16.3 Å². The molecule has 3 fully saturated rings. The first-order chi connectivity index (χ1) is 30.8. The van der Waals surface area contributed by atoms with Crippen LogP contribution in [0.5, 0.6) is 17.2 Å². The number of anilines is 1. The molecule has 2 saturated carbocycles. The molecular formula is C47H56FN5O10S2. The Hall–Kier alpha value is -5.62. The number of halogens is 1. The number of hydrogen-bond acceptors (Lipinski definition) is 14. The number of methoxy groups -OCH3 is 1. The van der Waals surface area contributed by atoms with Crippen molar-refractivity contribution in [2.75, 3.05) is 19.0 Å². The maximum Gasteiger partial charge on any atom is 0.409 e. The Balaban J connectivity index is 1.20. The molecule has 1 aliphatic heterocycles. The van der Waals surface area contributed by atoms with Gasteiger partial charge in [-0.3, -0.25) is 19.2 Å². The minimum absolute atomic E-state index is 0.00751. The molecule has 1 saturated heterocycles. The summed E-state index contributed by atoms with van der Waals surface area (Å²) in [6.07, 6.45) is 3.34. The standard InChI is InChI=1S/C47H56FN5O10S2/c1-8-28-23-47(28,44(57)52-65(58,59)63-40-16-12-11-15-34(40)48)24-39(54)38-20-31(25-53(38)43(56)33(46(4,5)6)21-42(55)62-29-13-9-10-14-29)61-41-22-36(37-26-64-45(51-37)49-27(2)3)50-35-19-30(60-7)17-18-32(35)41/h8,11-12,15-19,22,26-29,31,33,38H,1,9-10,13-14,20-21,23-25H2,2-7H3,(H,49,51)(H,52,57)/t28-,31-,33-,38+,47-/m1/s1. The third-order valence-corrected chi connectivity index (χ3v) is 13.9. The van der Waals surface area contributed by atoms with Crippen molar-refractivity contribution in [3.05, 3.63) is 72.4 Å². The number of ether oxygens (including phenoxy) is 3. The number of benzene rings is 2. The second-order valence-electron chi connectivity index (χ2n) is 18.5. The van der Waals surface area contributed by atoms with Gasteiger partial charge < -0.3 is 28.6 Å². The van der Waals surface area contributed by atoms with Gasteiger partial charge in [-0.1, -0.05) is 39.0 Å². The van der Waals surface area contributed by atoms with Gasteiger partial charge in [-0.15, -0.1) is 17.9 Å². The Morgan fingerprint density at radius 3 is 2.43 bits per heavy atom. The molecule has 4 aromatic rings. The van der Waals surface area contributed by atoms with E-state index < -0.39 is 86.7 Å². The summed E-state index contributed by atoms with van der Waals surface area (Å²) in [6.45, 7) is 13.3. The molecule has 7 rings (SSSR count). The van der Waals surface area contributed by atoms with Crippen LogP contribution in [-0.4, -0.2) is 84.8 Å². The SMILES string of the molecule is C=C[C@@H]1C[C@]1(CC(=O)[C@@H]1C[C@@H](Oc2cc(-c3csc(NC(C)C)n3)nc3cc(OC)ccc23)CN1C(=O)[C@@H](CC(=O)OC1CCCC1)C(C)(C)C)C(=O)NS(=O)(=O)Oc1ccccc1F. The van der Waals surface area contributed by atoms with E-state index in [1.165, 1.54) is 34.4 Å². The van der Waals surface area contributed by atoms with Gasteiger partial charge in [0.1, 0.15) is 29.4 Å². The molecule has 0 bridgehead atoms. The number of Topliss-reactive ketones (excluding diaryl/α,β-unsaturated/α-hetero) is 1. The first kappa shape index (κ1) is 47.3. The van der Waals surface area contributed by atoms with E-state index >= 15 is 0 Å². The van der Waals surface area contributed by atoms with Gasteiger partial charge in [0.2, 0.25) is 11.8 Å². The highest BCUT2D eigenvalue weighted by Crippen LogP contribution is 2.57. The normalized spacial score (nSPS) is 21.5. The van der Waals surface area contributed by atoms with Crippen molar-refractivity contribution < 1.29 is 50.4 Å². The van der Waals surface area contributed by atoms with Gasteiger partial charge in [-0.2, -0.15) is 8.42 Å². The second kappa shape index (κ2) is 19.1. The van der Waals surface area contributed by atoms with Crippen LogP contribution < -0.4 is 23.7 Å². The Kier molecular flexibility index (Phi) is 13.9. The number of fused-ring (bicyclic) bond motifs is 1. The Bertz CT molecular complexity index is 2570. The third kappa shape index (κ3) is 10.9. The predicted octanol–water partition coefficient (Wildman–Crippen LogP) is 7.80. The summed E-state index contributed by atoms with van der Waals surface area (Å²) < 4.78 is 65.2. The number of hydrogen-bond donors (Lipinski definition) is 2. The summed E-state index contributed by atoms with van der Waals surface area (Å²) >= 11 is 1.43. The van der Waals surface area contributed by atoms with Gasteiger partial charge in [-0.05, 0) is 81.5 Å². The lowest BCUT2D eigenvalue weighted by molar-refractivity contribution is -0.156. The summed E-state index contributed by atoms with van der Waals surface area (Å²) in [5.41, 5.74) is -0.623. The Morgan fingerprint density at radius 2 is 1.77 bits per heavy atom. The lowest BCUT2D eigenvalue weighted by Crippen LogP contribution is -2.48. The number of nitrogens with one attached hydrogen (secondary N) is 2. The largest absolute Gasteiger partial charge is 0.497 e. The molecule has 348 valence electrons. The maximum atomic E-state index is 15.0. The zero-order valence-electron chi connectivity index (χ0n) is 37.4. The van der Waals surface area contributed by atoms with Crippen molar-refractivity contribution in [1.29, 1.82) is 0 Å². The number of amides is 2. The molecule has 2 N–H and O–H groups in total. The molecule has 2 aromatic carbocycles. The van der Waals surface area contributed by atoms with E-state index in [2.05, 4.69) is 11.9 Å². The number of likely N-dealkylation sites (tertiary alicyclic amines) is 1. The number of aromatic nitrogens is 2. The Morgan fingerprint density at radius 1 is 1.03 bits per heavy atom. The molecule has 18 heteroatoms. The molecule has 5 atom stereocenters. The van der Waals surface area contributed by atoms with Crippen LogP contribution >= 0.6 is 11.3 Å². The van der Waals surface area contributed by atoms with Gasteiger partial charge in [0.15, 0.2) is 22.5 Å². The van der Waals surface area contributed by atoms with Gasteiger partial charge in [0.05, 0.1) is 48.7 Å². The molecule has 2 aliphatic carbocycles. The highest BCUT2D eigenvalue weighted by atomic mass is 32.2. The topological polar surface area (TPSA) is 192 Å². The molecule has 2 amide bonds. The smallest absolute Gasteiger partial charge is 0.409 e. The van der Waals surface area contributed by atoms with Crippen LogP contribution in [0.25, 0.3) is 22.3 Å². The fourth-order valence-electron chi connectivity index (χ4n) is 8.70. The van der Waals surface area contributed by atoms with Crippen molar-refractivity contribution in [2.24, 2.45) is 22.7 Å². The lowest BCUT2D eigenvalue weighted by Gasteiger charge is -2.35. The number of allylic oxidation sites excluding steroid dienone is 1. The predicted molar refractivity (Wildman–Crippen MR) is 243 cm³/mol. The van der Waals surface area contributed by atoms with E-state index in [-0.39, 0.29) is 38.0 Å². The van der Waals surface area contributed by atoms with Crippen LogP contribution in [0.4, 0.5) is 9.52 Å². The van der Waals surface area contributed by atoms with E-state index in [9.17, 15) is 32.0 Å². The number of nitrogens with zero attached hydrogens (tertiary/aromatic N) is 3. The first-order valence-corrected chi connectivity index (χ1v) is 24.1. The number of carbonyl (C=O) groups excluding carboxylic acids is 4. The molecule has 3 heterocycles. The zero-order chi connectivity index (χ0) is 46.8. The second-order valence-corrected chi connectivity index (χ2v) is 20.6. The number of carbonyl (C=O) groups is 4. The van der Waals surface area contributed by atoms with E-state index in [0.29, 0.717) is 38.9 Å². The minimum Gasteiger partial charge on any atom is -0.497 e. The van der Waals surface area contributed by atoms with Crippen LogP contribution in [0.15, 0.2) is 66.6 Å².